The Kier molecular flexibility index (Phi) is 3.03. The van der Waals surface area contributed by atoms with E-state index in [2.05, 4.69) is 5.32 Å². The van der Waals surface area contributed by atoms with Gasteiger partial charge in [-0.25, -0.2) is 0 Å². The third kappa shape index (κ3) is 2.69. The highest BCUT2D eigenvalue weighted by Crippen LogP contribution is 2.28. The smallest absolute Gasteiger partial charge is 0.246 e. The van der Waals surface area contributed by atoms with E-state index in [9.17, 15) is 4.79 Å². The molecule has 4 nitrogen and oxygen atoms in total. The maximum atomic E-state index is 11.2. The van der Waals surface area contributed by atoms with Gasteiger partial charge < -0.3 is 15.8 Å². The first-order valence-electron chi connectivity index (χ1n) is 5.39. The van der Waals surface area contributed by atoms with Crippen LogP contribution in [0.4, 0.5) is 0 Å². The maximum Gasteiger partial charge on any atom is 0.246 e. The molecule has 0 radical (unpaired) electrons. The van der Waals surface area contributed by atoms with Crippen LogP contribution < -0.4 is 11.1 Å². The quantitative estimate of drug-likeness (QED) is 0.654. The highest BCUT2D eigenvalue weighted by atomic mass is 16.5. The SMILES string of the molecule is NCC1CC(OCC(=O)NC2CC2)C1. The maximum absolute atomic E-state index is 11.2. The van der Waals surface area contributed by atoms with Gasteiger partial charge in [0.1, 0.15) is 6.61 Å². The molecular weight excluding hydrogens is 180 g/mol. The van der Waals surface area contributed by atoms with Crippen LogP contribution in [0.25, 0.3) is 0 Å². The van der Waals surface area contributed by atoms with Crippen molar-refractivity contribution in [1.29, 1.82) is 0 Å². The summed E-state index contributed by atoms with van der Waals surface area (Å²) in [5.41, 5.74) is 5.49. The van der Waals surface area contributed by atoms with Crippen molar-refractivity contribution in [3.05, 3.63) is 0 Å². The van der Waals surface area contributed by atoms with Crippen LogP contribution in [0.2, 0.25) is 0 Å². The molecule has 2 rings (SSSR count). The normalized spacial score (nSPS) is 30.9. The lowest BCUT2D eigenvalue weighted by molar-refractivity contribution is -0.131. The fraction of sp³-hybridized carbons (Fsp3) is 0.900. The largest absolute Gasteiger partial charge is 0.368 e. The first-order valence-corrected chi connectivity index (χ1v) is 5.39. The topological polar surface area (TPSA) is 64.3 Å². The molecular formula is C10H18N2O2. The molecule has 0 aromatic carbocycles. The third-order valence-electron chi connectivity index (χ3n) is 2.92. The van der Waals surface area contributed by atoms with Gasteiger partial charge in [-0.05, 0) is 38.1 Å². The second-order valence-corrected chi connectivity index (χ2v) is 4.35. The van der Waals surface area contributed by atoms with Crippen molar-refractivity contribution in [3.8, 4) is 0 Å². The van der Waals surface area contributed by atoms with Crippen LogP contribution in [0.15, 0.2) is 0 Å². The van der Waals surface area contributed by atoms with Gasteiger partial charge in [0.25, 0.3) is 0 Å². The summed E-state index contributed by atoms with van der Waals surface area (Å²) in [6.45, 7) is 0.965. The molecule has 2 aliphatic rings. The van der Waals surface area contributed by atoms with E-state index in [4.69, 9.17) is 10.5 Å². The molecule has 0 aromatic heterocycles. The van der Waals surface area contributed by atoms with Gasteiger partial charge in [0.2, 0.25) is 5.91 Å². The summed E-state index contributed by atoms with van der Waals surface area (Å²) >= 11 is 0. The van der Waals surface area contributed by atoms with E-state index in [-0.39, 0.29) is 18.6 Å². The molecule has 80 valence electrons. The number of nitrogens with two attached hydrogens (primary N) is 1. The van der Waals surface area contributed by atoms with Crippen molar-refractivity contribution in [2.75, 3.05) is 13.2 Å². The number of rotatable bonds is 5. The van der Waals surface area contributed by atoms with Crippen LogP contribution in [-0.2, 0) is 9.53 Å². The zero-order valence-corrected chi connectivity index (χ0v) is 8.37. The molecule has 0 atom stereocenters. The van der Waals surface area contributed by atoms with Crippen molar-refractivity contribution in [2.45, 2.75) is 37.8 Å². The van der Waals surface area contributed by atoms with Gasteiger partial charge in [-0.1, -0.05) is 0 Å². The van der Waals surface area contributed by atoms with Gasteiger partial charge in [-0.3, -0.25) is 4.79 Å². The number of hydrogen-bond donors (Lipinski definition) is 2. The minimum absolute atomic E-state index is 0.0312. The molecule has 4 heteroatoms. The van der Waals surface area contributed by atoms with Gasteiger partial charge in [0, 0.05) is 6.04 Å². The van der Waals surface area contributed by atoms with Crippen LogP contribution in [0.5, 0.6) is 0 Å². The molecule has 0 spiro atoms. The van der Waals surface area contributed by atoms with Crippen molar-refractivity contribution in [1.82, 2.24) is 5.32 Å². The molecule has 2 fully saturated rings. The van der Waals surface area contributed by atoms with Crippen LogP contribution in [-0.4, -0.2) is 31.2 Å². The summed E-state index contributed by atoms with van der Waals surface area (Å²) in [7, 11) is 0. The van der Waals surface area contributed by atoms with Crippen LogP contribution >= 0.6 is 0 Å². The molecule has 1 amide bonds. The fourth-order valence-corrected chi connectivity index (χ4v) is 1.69. The van der Waals surface area contributed by atoms with Crippen LogP contribution in [0.3, 0.4) is 0 Å². The van der Waals surface area contributed by atoms with E-state index in [1.807, 2.05) is 0 Å². The highest BCUT2D eigenvalue weighted by Gasteiger charge is 2.29. The Balaban J connectivity index is 1.52. The molecule has 14 heavy (non-hydrogen) atoms. The Morgan fingerprint density at radius 2 is 2.14 bits per heavy atom. The summed E-state index contributed by atoms with van der Waals surface area (Å²) in [5.74, 6) is 0.648. The molecule has 2 saturated carbocycles. The van der Waals surface area contributed by atoms with E-state index in [0.29, 0.717) is 12.0 Å². The van der Waals surface area contributed by atoms with E-state index in [0.717, 1.165) is 32.2 Å². The summed E-state index contributed by atoms with van der Waals surface area (Å²) in [6, 6.07) is 0.435. The number of carbonyl (C=O) groups excluding carboxylic acids is 1. The van der Waals surface area contributed by atoms with Crippen LogP contribution in [0.1, 0.15) is 25.7 Å². The number of hydrogen-bond acceptors (Lipinski definition) is 3. The molecule has 3 N–H and O–H groups in total. The van der Waals surface area contributed by atoms with E-state index < -0.39 is 0 Å². The monoisotopic (exact) mass is 198 g/mol. The Morgan fingerprint density at radius 1 is 1.43 bits per heavy atom. The highest BCUT2D eigenvalue weighted by molar-refractivity contribution is 5.77. The van der Waals surface area contributed by atoms with Crippen LogP contribution in [0, 0.1) is 5.92 Å². The Hall–Kier alpha value is -0.610. The number of amides is 1. The number of nitrogens with one attached hydrogen (secondary N) is 1. The average molecular weight is 198 g/mol. The third-order valence-corrected chi connectivity index (χ3v) is 2.92. The lowest BCUT2D eigenvalue weighted by Crippen LogP contribution is -2.39. The standard InChI is InChI=1S/C10H18N2O2/c11-5-7-3-9(4-7)14-6-10(13)12-8-1-2-8/h7-9H,1-6,11H2,(H,12,13). The van der Waals surface area contributed by atoms with Gasteiger partial charge in [0.05, 0.1) is 6.10 Å². The zero-order chi connectivity index (χ0) is 9.97. The molecule has 2 aliphatic carbocycles. The summed E-state index contributed by atoms with van der Waals surface area (Å²) in [6.07, 6.45) is 4.57. The molecule has 0 bridgehead atoms. The molecule has 0 aromatic rings. The number of carbonyl (C=O) groups is 1. The Morgan fingerprint density at radius 3 is 2.71 bits per heavy atom. The second kappa shape index (κ2) is 4.28. The van der Waals surface area contributed by atoms with Gasteiger partial charge >= 0.3 is 0 Å². The van der Waals surface area contributed by atoms with E-state index in [1.165, 1.54) is 0 Å². The predicted octanol–water partition coefficient (Wildman–Crippen LogP) is 0.0189. The van der Waals surface area contributed by atoms with Crippen molar-refractivity contribution < 1.29 is 9.53 Å². The molecule has 0 saturated heterocycles. The van der Waals surface area contributed by atoms with E-state index in [1.54, 1.807) is 0 Å². The molecule has 0 unspecified atom stereocenters. The zero-order valence-electron chi connectivity index (χ0n) is 8.37. The van der Waals surface area contributed by atoms with E-state index >= 15 is 0 Å². The summed E-state index contributed by atoms with van der Waals surface area (Å²) in [4.78, 5) is 11.2. The predicted molar refractivity (Wildman–Crippen MR) is 52.7 cm³/mol. The number of ether oxygens (including phenoxy) is 1. The minimum atomic E-state index is 0.0312. The van der Waals surface area contributed by atoms with Gasteiger partial charge in [-0.15, -0.1) is 0 Å². The van der Waals surface area contributed by atoms with Crippen molar-refractivity contribution >= 4 is 5.91 Å². The Labute approximate surface area is 84.2 Å². The first kappa shape index (κ1) is 9.93. The Bertz CT molecular complexity index is 210. The fourth-order valence-electron chi connectivity index (χ4n) is 1.69. The van der Waals surface area contributed by atoms with Crippen molar-refractivity contribution in [3.63, 3.8) is 0 Å². The summed E-state index contributed by atoms with van der Waals surface area (Å²) < 4.78 is 5.43. The van der Waals surface area contributed by atoms with Crippen molar-refractivity contribution in [2.24, 2.45) is 11.7 Å². The average Bonchev–Trinajstić information content (AvgIpc) is 2.86. The van der Waals surface area contributed by atoms with Gasteiger partial charge in [-0.2, -0.15) is 0 Å². The molecule has 0 aliphatic heterocycles. The second-order valence-electron chi connectivity index (χ2n) is 4.35. The summed E-state index contributed by atoms with van der Waals surface area (Å²) in [5, 5.41) is 2.89. The lowest BCUT2D eigenvalue weighted by Gasteiger charge is -2.33. The lowest BCUT2D eigenvalue weighted by atomic mass is 9.82. The first-order chi connectivity index (χ1) is 6.78. The van der Waals surface area contributed by atoms with Gasteiger partial charge in [0.15, 0.2) is 0 Å². The molecule has 0 heterocycles. The minimum Gasteiger partial charge on any atom is -0.368 e.